The summed E-state index contributed by atoms with van der Waals surface area (Å²) in [6, 6.07) is 2.82. The van der Waals surface area contributed by atoms with Crippen LogP contribution in [0.4, 0.5) is 4.39 Å². The predicted molar refractivity (Wildman–Crippen MR) is 63.0 cm³/mol. The Morgan fingerprint density at radius 1 is 1.41 bits per heavy atom. The van der Waals surface area contributed by atoms with Crippen molar-refractivity contribution in [2.75, 3.05) is 12.5 Å². The van der Waals surface area contributed by atoms with Crippen molar-refractivity contribution in [1.29, 1.82) is 0 Å². The Kier molecular flexibility index (Phi) is 3.84. The van der Waals surface area contributed by atoms with Gasteiger partial charge in [-0.25, -0.2) is 4.39 Å². The van der Waals surface area contributed by atoms with Crippen LogP contribution in [0, 0.1) is 5.82 Å². The van der Waals surface area contributed by atoms with Crippen molar-refractivity contribution in [3.8, 4) is 5.75 Å². The second-order valence-electron chi connectivity index (χ2n) is 3.87. The van der Waals surface area contributed by atoms with E-state index in [-0.39, 0.29) is 11.7 Å². The maximum absolute atomic E-state index is 13.6. The van der Waals surface area contributed by atoms with Crippen molar-refractivity contribution in [2.45, 2.75) is 19.4 Å². The van der Waals surface area contributed by atoms with Crippen LogP contribution in [0.1, 0.15) is 28.8 Å². The second kappa shape index (κ2) is 5.36. The Hall–Kier alpha value is -1.29. The molecule has 0 radical (unpaired) electrons. The van der Waals surface area contributed by atoms with Crippen LogP contribution in [-0.2, 0) is 6.54 Å². The molecule has 92 valence electrons. The molecule has 0 spiro atoms. The van der Waals surface area contributed by atoms with Gasteiger partial charge in [0.2, 0.25) is 0 Å². The quantitative estimate of drug-likeness (QED) is 0.650. The Labute approximate surface area is 104 Å². The van der Waals surface area contributed by atoms with E-state index in [0.717, 1.165) is 12.8 Å². The zero-order valence-corrected chi connectivity index (χ0v) is 10.0. The molecular weight excluding hydrogens is 245 g/mol. The van der Waals surface area contributed by atoms with Crippen LogP contribution >= 0.6 is 11.6 Å². The van der Waals surface area contributed by atoms with Crippen LogP contribution in [0.2, 0.25) is 0 Å². The summed E-state index contributed by atoms with van der Waals surface area (Å²) in [5.74, 6) is 0.102. The van der Waals surface area contributed by atoms with Crippen LogP contribution in [-0.4, -0.2) is 18.4 Å². The highest BCUT2D eigenvalue weighted by atomic mass is 35.5. The average molecular weight is 258 g/mol. The van der Waals surface area contributed by atoms with Gasteiger partial charge in [0, 0.05) is 18.0 Å². The molecule has 0 aromatic heterocycles. The maximum atomic E-state index is 13.6. The number of hydrogen-bond donors (Lipinski definition) is 1. The molecule has 0 unspecified atom stereocenters. The predicted octanol–water partition coefficient (Wildman–Crippen LogP) is 2.47. The van der Waals surface area contributed by atoms with Gasteiger partial charge in [0.15, 0.2) is 11.6 Å². The summed E-state index contributed by atoms with van der Waals surface area (Å²) in [7, 11) is 0. The molecule has 0 saturated carbocycles. The SMILES string of the molecule is O=C1NCc2cc(F)c(OCCCCCl)cc21. The minimum Gasteiger partial charge on any atom is -0.490 e. The first-order valence-electron chi connectivity index (χ1n) is 5.51. The first-order chi connectivity index (χ1) is 8.22. The van der Waals surface area contributed by atoms with Crippen molar-refractivity contribution in [3.05, 3.63) is 29.1 Å². The Morgan fingerprint density at radius 3 is 3.00 bits per heavy atom. The number of alkyl halides is 1. The molecule has 0 aliphatic carbocycles. The number of hydrogen-bond acceptors (Lipinski definition) is 2. The fourth-order valence-electron chi connectivity index (χ4n) is 1.71. The molecule has 2 rings (SSSR count). The molecule has 3 nitrogen and oxygen atoms in total. The van der Waals surface area contributed by atoms with Gasteiger partial charge in [-0.05, 0) is 30.5 Å². The normalized spacial score (nSPS) is 13.4. The molecule has 1 heterocycles. The number of carbonyl (C=O) groups excluding carboxylic acids is 1. The van der Waals surface area contributed by atoms with Crippen LogP contribution < -0.4 is 10.1 Å². The summed E-state index contributed by atoms with van der Waals surface area (Å²) >= 11 is 5.53. The fourth-order valence-corrected chi connectivity index (χ4v) is 1.90. The van der Waals surface area contributed by atoms with Gasteiger partial charge < -0.3 is 10.1 Å². The van der Waals surface area contributed by atoms with Gasteiger partial charge in [-0.2, -0.15) is 0 Å². The minimum atomic E-state index is -0.425. The number of halogens is 2. The third-order valence-corrected chi connectivity index (χ3v) is 2.89. The Bertz CT molecular complexity index is 437. The number of rotatable bonds is 5. The monoisotopic (exact) mass is 257 g/mol. The first-order valence-corrected chi connectivity index (χ1v) is 6.05. The van der Waals surface area contributed by atoms with Gasteiger partial charge in [0.05, 0.1) is 6.61 Å². The summed E-state index contributed by atoms with van der Waals surface area (Å²) < 4.78 is 18.9. The summed E-state index contributed by atoms with van der Waals surface area (Å²) in [5.41, 5.74) is 1.18. The number of carbonyl (C=O) groups is 1. The van der Waals surface area contributed by atoms with Gasteiger partial charge in [0.25, 0.3) is 5.91 Å². The molecular formula is C12H13ClFNO2. The zero-order chi connectivity index (χ0) is 12.3. The highest BCUT2D eigenvalue weighted by molar-refractivity contribution is 6.17. The van der Waals surface area contributed by atoms with Crippen LogP contribution in [0.25, 0.3) is 0 Å². The van der Waals surface area contributed by atoms with E-state index in [0.29, 0.717) is 30.2 Å². The lowest BCUT2D eigenvalue weighted by molar-refractivity contribution is 0.0965. The minimum absolute atomic E-state index is 0.135. The van der Waals surface area contributed by atoms with Crippen molar-refractivity contribution in [3.63, 3.8) is 0 Å². The molecule has 1 amide bonds. The fraction of sp³-hybridized carbons (Fsp3) is 0.417. The van der Waals surface area contributed by atoms with E-state index in [4.69, 9.17) is 16.3 Å². The molecule has 0 bridgehead atoms. The molecule has 0 atom stereocenters. The Morgan fingerprint density at radius 2 is 2.24 bits per heavy atom. The zero-order valence-electron chi connectivity index (χ0n) is 9.26. The van der Waals surface area contributed by atoms with Gasteiger partial charge in [-0.15, -0.1) is 11.6 Å². The summed E-state index contributed by atoms with van der Waals surface area (Å²) in [4.78, 5) is 11.4. The molecule has 1 aliphatic rings. The molecule has 1 N–H and O–H groups in total. The first kappa shape index (κ1) is 12.2. The van der Waals surface area contributed by atoms with E-state index in [2.05, 4.69) is 5.32 Å². The Balaban J connectivity index is 2.07. The maximum Gasteiger partial charge on any atom is 0.252 e. The molecule has 17 heavy (non-hydrogen) atoms. The van der Waals surface area contributed by atoms with Crippen molar-refractivity contribution >= 4 is 17.5 Å². The third kappa shape index (κ3) is 2.69. The standard InChI is InChI=1S/C12H13ClFNO2/c13-3-1-2-4-17-11-6-9-8(5-10(11)14)7-15-12(9)16/h5-6H,1-4,7H2,(H,15,16). The van der Waals surface area contributed by atoms with Crippen LogP contribution in [0.15, 0.2) is 12.1 Å². The van der Waals surface area contributed by atoms with E-state index < -0.39 is 5.82 Å². The molecule has 1 aromatic carbocycles. The number of unbranched alkanes of at least 4 members (excludes halogenated alkanes) is 1. The van der Waals surface area contributed by atoms with Crippen LogP contribution in [0.3, 0.4) is 0 Å². The number of ether oxygens (including phenoxy) is 1. The van der Waals surface area contributed by atoms with Crippen LogP contribution in [0.5, 0.6) is 5.75 Å². The highest BCUT2D eigenvalue weighted by Crippen LogP contribution is 2.25. The number of benzene rings is 1. The third-order valence-electron chi connectivity index (χ3n) is 2.63. The topological polar surface area (TPSA) is 38.3 Å². The molecule has 1 aliphatic heterocycles. The van der Waals surface area contributed by atoms with Gasteiger partial charge in [-0.1, -0.05) is 0 Å². The number of amides is 1. The molecule has 0 saturated heterocycles. The number of nitrogens with one attached hydrogen (secondary N) is 1. The van der Waals surface area contributed by atoms with Gasteiger partial charge in [0.1, 0.15) is 0 Å². The van der Waals surface area contributed by atoms with Gasteiger partial charge in [-0.3, -0.25) is 4.79 Å². The lowest BCUT2D eigenvalue weighted by atomic mass is 10.1. The van der Waals surface area contributed by atoms with Gasteiger partial charge >= 0.3 is 0 Å². The van der Waals surface area contributed by atoms with Crippen molar-refractivity contribution < 1.29 is 13.9 Å². The van der Waals surface area contributed by atoms with E-state index in [1.807, 2.05) is 0 Å². The summed E-state index contributed by atoms with van der Waals surface area (Å²) in [5, 5.41) is 2.64. The highest BCUT2D eigenvalue weighted by Gasteiger charge is 2.21. The number of fused-ring (bicyclic) bond motifs is 1. The lowest BCUT2D eigenvalue weighted by Crippen LogP contribution is -2.12. The second-order valence-corrected chi connectivity index (χ2v) is 4.24. The van der Waals surface area contributed by atoms with E-state index in [1.54, 1.807) is 0 Å². The van der Waals surface area contributed by atoms with E-state index in [9.17, 15) is 9.18 Å². The summed E-state index contributed by atoms with van der Waals surface area (Å²) in [6.07, 6.45) is 1.60. The summed E-state index contributed by atoms with van der Waals surface area (Å²) in [6.45, 7) is 0.793. The largest absolute Gasteiger partial charge is 0.490 e. The smallest absolute Gasteiger partial charge is 0.252 e. The molecule has 5 heteroatoms. The van der Waals surface area contributed by atoms with Crippen molar-refractivity contribution in [1.82, 2.24) is 5.32 Å². The molecule has 0 fully saturated rings. The lowest BCUT2D eigenvalue weighted by Gasteiger charge is -2.08. The van der Waals surface area contributed by atoms with E-state index in [1.165, 1.54) is 12.1 Å². The average Bonchev–Trinajstić information content (AvgIpc) is 2.66. The molecule has 1 aromatic rings. The van der Waals surface area contributed by atoms with E-state index >= 15 is 0 Å². The van der Waals surface area contributed by atoms with Crippen molar-refractivity contribution in [2.24, 2.45) is 0 Å².